The molecule has 0 saturated heterocycles. The van der Waals surface area contributed by atoms with Crippen LogP contribution in [-0.2, 0) is 0 Å². The normalized spacial score (nSPS) is 12.3. The molecule has 4 aromatic rings. The van der Waals surface area contributed by atoms with Crippen LogP contribution in [0.3, 0.4) is 0 Å². The first-order valence-corrected chi connectivity index (χ1v) is 9.46. The number of ether oxygens (including phenoxy) is 2. The molecule has 0 fully saturated rings. The van der Waals surface area contributed by atoms with Crippen LogP contribution in [-0.4, -0.2) is 17.7 Å². The molecule has 0 saturated carbocycles. The van der Waals surface area contributed by atoms with Gasteiger partial charge >= 0.3 is 0 Å². The summed E-state index contributed by atoms with van der Waals surface area (Å²) in [4.78, 5) is 18.6. The van der Waals surface area contributed by atoms with E-state index < -0.39 is 0 Å². The fraction of sp³-hybridized carbons (Fsp3) is 0.0476. The number of nitrogens with two attached hydrogens (primary N) is 1. The highest BCUT2D eigenvalue weighted by atomic mass is 32.1. The summed E-state index contributed by atoms with van der Waals surface area (Å²) in [7, 11) is 0. The van der Waals surface area contributed by atoms with Crippen molar-refractivity contribution in [3.05, 3.63) is 65.5 Å². The molecule has 1 aliphatic heterocycles. The van der Waals surface area contributed by atoms with Gasteiger partial charge in [-0.1, -0.05) is 30.3 Å². The molecular formula is C21H15N3O3S. The van der Waals surface area contributed by atoms with Crippen molar-refractivity contribution in [2.75, 3.05) is 17.8 Å². The number of amides is 1. The van der Waals surface area contributed by atoms with Crippen molar-refractivity contribution >= 4 is 38.8 Å². The van der Waals surface area contributed by atoms with E-state index in [0.29, 0.717) is 27.8 Å². The Bertz CT molecular complexity index is 1200. The van der Waals surface area contributed by atoms with Gasteiger partial charge < -0.3 is 20.5 Å². The summed E-state index contributed by atoms with van der Waals surface area (Å²) in [6.07, 6.45) is 0. The Hall–Kier alpha value is -3.58. The summed E-state index contributed by atoms with van der Waals surface area (Å²) in [6, 6.07) is 19.0. The largest absolute Gasteiger partial charge is 0.454 e. The van der Waals surface area contributed by atoms with Crippen molar-refractivity contribution in [3.63, 3.8) is 0 Å². The van der Waals surface area contributed by atoms with Crippen LogP contribution in [0.2, 0.25) is 0 Å². The molecule has 1 amide bonds. The Morgan fingerprint density at radius 2 is 1.86 bits per heavy atom. The summed E-state index contributed by atoms with van der Waals surface area (Å²) >= 11 is 1.28. The molecule has 0 bridgehead atoms. The lowest BCUT2D eigenvalue weighted by Gasteiger charge is -2.05. The quantitative estimate of drug-likeness (QED) is 0.538. The Morgan fingerprint density at radius 3 is 2.71 bits per heavy atom. The second-order valence-electron chi connectivity index (χ2n) is 6.28. The van der Waals surface area contributed by atoms with Crippen LogP contribution < -0.4 is 20.5 Å². The molecule has 2 aromatic carbocycles. The zero-order chi connectivity index (χ0) is 19.1. The second-order valence-corrected chi connectivity index (χ2v) is 7.28. The number of carbonyl (C=O) groups excluding carboxylic acids is 1. The molecule has 138 valence electrons. The monoisotopic (exact) mass is 389 g/mol. The van der Waals surface area contributed by atoms with Crippen LogP contribution in [0.5, 0.6) is 11.5 Å². The zero-order valence-corrected chi connectivity index (χ0v) is 15.5. The number of rotatable bonds is 3. The minimum absolute atomic E-state index is 0.186. The first kappa shape index (κ1) is 16.6. The molecule has 3 N–H and O–H groups in total. The summed E-state index contributed by atoms with van der Waals surface area (Å²) < 4.78 is 10.6. The van der Waals surface area contributed by atoms with Crippen LogP contribution in [0.1, 0.15) is 9.67 Å². The number of nitrogen functional groups attached to an aromatic ring is 1. The first-order chi connectivity index (χ1) is 13.7. The average Bonchev–Trinajstić information content (AvgIpc) is 3.32. The number of anilines is 2. The van der Waals surface area contributed by atoms with Crippen LogP contribution in [0, 0.1) is 0 Å². The van der Waals surface area contributed by atoms with E-state index in [1.165, 1.54) is 11.3 Å². The van der Waals surface area contributed by atoms with Gasteiger partial charge in [-0.15, -0.1) is 11.3 Å². The van der Waals surface area contributed by atoms with Crippen molar-refractivity contribution in [2.24, 2.45) is 0 Å². The third kappa shape index (κ3) is 2.82. The van der Waals surface area contributed by atoms with Gasteiger partial charge in [0.1, 0.15) is 9.71 Å². The predicted molar refractivity (Wildman–Crippen MR) is 110 cm³/mol. The minimum Gasteiger partial charge on any atom is -0.454 e. The van der Waals surface area contributed by atoms with Crippen LogP contribution >= 0.6 is 11.3 Å². The highest BCUT2D eigenvalue weighted by Crippen LogP contribution is 2.36. The lowest BCUT2D eigenvalue weighted by molar-refractivity contribution is 0.103. The fourth-order valence-electron chi connectivity index (χ4n) is 3.10. The van der Waals surface area contributed by atoms with Gasteiger partial charge in [0.25, 0.3) is 5.91 Å². The number of benzene rings is 2. The van der Waals surface area contributed by atoms with E-state index in [1.807, 2.05) is 42.5 Å². The van der Waals surface area contributed by atoms with Crippen LogP contribution in [0.15, 0.2) is 60.7 Å². The van der Waals surface area contributed by atoms with Gasteiger partial charge in [0.15, 0.2) is 11.5 Å². The Labute approximate surface area is 164 Å². The average molecular weight is 389 g/mol. The van der Waals surface area contributed by atoms with Gasteiger partial charge in [-0.05, 0) is 24.3 Å². The molecule has 0 unspecified atom stereocenters. The van der Waals surface area contributed by atoms with Gasteiger partial charge in [-0.25, -0.2) is 4.98 Å². The zero-order valence-electron chi connectivity index (χ0n) is 14.6. The molecule has 0 spiro atoms. The van der Waals surface area contributed by atoms with E-state index >= 15 is 0 Å². The van der Waals surface area contributed by atoms with Crippen molar-refractivity contribution in [1.29, 1.82) is 0 Å². The van der Waals surface area contributed by atoms with E-state index in [0.717, 1.165) is 21.5 Å². The summed E-state index contributed by atoms with van der Waals surface area (Å²) in [5.41, 5.74) is 9.15. The number of pyridine rings is 1. The van der Waals surface area contributed by atoms with Crippen molar-refractivity contribution in [3.8, 4) is 22.8 Å². The van der Waals surface area contributed by atoms with Crippen molar-refractivity contribution in [1.82, 2.24) is 4.98 Å². The molecule has 0 aliphatic carbocycles. The van der Waals surface area contributed by atoms with E-state index in [4.69, 9.17) is 15.2 Å². The fourth-order valence-corrected chi connectivity index (χ4v) is 4.09. The highest BCUT2D eigenvalue weighted by Gasteiger charge is 2.19. The van der Waals surface area contributed by atoms with Gasteiger partial charge in [-0.3, -0.25) is 4.79 Å². The maximum absolute atomic E-state index is 12.8. The lowest BCUT2D eigenvalue weighted by atomic mass is 10.1. The predicted octanol–water partition coefficient (Wildman–Crippen LogP) is 4.53. The van der Waals surface area contributed by atoms with Gasteiger partial charge in [0, 0.05) is 22.7 Å². The molecule has 5 rings (SSSR count). The molecular weight excluding hydrogens is 374 g/mol. The van der Waals surface area contributed by atoms with Gasteiger partial charge in [0.05, 0.1) is 11.4 Å². The lowest BCUT2D eigenvalue weighted by Crippen LogP contribution is -2.11. The maximum atomic E-state index is 12.8. The molecule has 1 aliphatic rings. The Balaban J connectivity index is 1.46. The number of nitrogens with zero attached hydrogens (tertiary/aromatic N) is 1. The summed E-state index contributed by atoms with van der Waals surface area (Å²) in [5.74, 6) is 0.994. The number of aromatic nitrogens is 1. The van der Waals surface area contributed by atoms with Crippen LogP contribution in [0.25, 0.3) is 21.5 Å². The third-order valence-corrected chi connectivity index (χ3v) is 5.61. The third-order valence-electron chi connectivity index (χ3n) is 4.50. The number of hydrogen-bond donors (Lipinski definition) is 2. The Morgan fingerprint density at radius 1 is 1.04 bits per heavy atom. The standard InChI is InChI=1S/C21H15N3O3S/c22-18-14-7-8-15(12-4-2-1-3-5-12)24-21(14)28-19(18)20(25)23-13-6-9-16-17(10-13)27-11-26-16/h1-10H,11,22H2,(H,23,25). The number of nitrogens with one attached hydrogen (secondary N) is 1. The molecule has 7 heteroatoms. The van der Waals surface area contributed by atoms with E-state index in [-0.39, 0.29) is 12.7 Å². The number of carbonyl (C=O) groups is 1. The minimum atomic E-state index is -0.277. The maximum Gasteiger partial charge on any atom is 0.267 e. The SMILES string of the molecule is Nc1c(C(=O)Nc2ccc3c(c2)OCO3)sc2nc(-c3ccccc3)ccc12. The second kappa shape index (κ2) is 6.54. The molecule has 3 heterocycles. The van der Waals surface area contributed by atoms with Gasteiger partial charge in [-0.2, -0.15) is 0 Å². The Kier molecular flexibility index (Phi) is 3.87. The smallest absolute Gasteiger partial charge is 0.267 e. The summed E-state index contributed by atoms with van der Waals surface area (Å²) in [6.45, 7) is 0.186. The molecule has 6 nitrogen and oxygen atoms in total. The first-order valence-electron chi connectivity index (χ1n) is 8.64. The van der Waals surface area contributed by atoms with Crippen molar-refractivity contribution < 1.29 is 14.3 Å². The summed E-state index contributed by atoms with van der Waals surface area (Å²) in [5, 5.41) is 3.64. The topological polar surface area (TPSA) is 86.5 Å². The van der Waals surface area contributed by atoms with Crippen LogP contribution in [0.4, 0.5) is 11.4 Å². The molecule has 0 radical (unpaired) electrons. The van der Waals surface area contributed by atoms with E-state index in [1.54, 1.807) is 18.2 Å². The number of hydrogen-bond acceptors (Lipinski definition) is 6. The van der Waals surface area contributed by atoms with Gasteiger partial charge in [0.2, 0.25) is 6.79 Å². The number of fused-ring (bicyclic) bond motifs is 2. The molecule has 2 aromatic heterocycles. The highest BCUT2D eigenvalue weighted by molar-refractivity contribution is 7.21. The van der Waals surface area contributed by atoms with E-state index in [9.17, 15) is 4.79 Å². The molecule has 0 atom stereocenters. The number of thiophene rings is 1. The van der Waals surface area contributed by atoms with Crippen molar-refractivity contribution in [2.45, 2.75) is 0 Å². The van der Waals surface area contributed by atoms with E-state index in [2.05, 4.69) is 10.3 Å². The molecule has 28 heavy (non-hydrogen) atoms.